The Labute approximate surface area is 220 Å². The summed E-state index contributed by atoms with van der Waals surface area (Å²) < 4.78 is 17.6. The van der Waals surface area contributed by atoms with Crippen LogP contribution in [-0.2, 0) is 13.6 Å². The molecule has 1 aliphatic rings. The lowest BCUT2D eigenvalue weighted by Gasteiger charge is -2.17. The second-order valence-corrected chi connectivity index (χ2v) is 10.5. The highest BCUT2D eigenvalue weighted by atomic mass is 32.1. The molecule has 1 aliphatic heterocycles. The van der Waals surface area contributed by atoms with E-state index in [-0.39, 0.29) is 11.9 Å². The Morgan fingerprint density at radius 1 is 1.03 bits per heavy atom. The first-order valence-electron chi connectivity index (χ1n) is 12.9. The van der Waals surface area contributed by atoms with Gasteiger partial charge in [-0.15, -0.1) is 11.3 Å². The molecule has 3 aromatic heterocycles. The zero-order valence-electron chi connectivity index (χ0n) is 21.0. The molecule has 1 atom stereocenters. The zero-order valence-corrected chi connectivity index (χ0v) is 21.8. The molecular weight excluding hydrogens is 482 g/mol. The topological polar surface area (TPSA) is 57.4 Å². The molecule has 0 radical (unpaired) electrons. The smallest absolute Gasteiger partial charge is 0.211 e. The lowest BCUT2D eigenvalue weighted by molar-refractivity contribution is 0.103. The van der Waals surface area contributed by atoms with E-state index in [4.69, 9.17) is 9.47 Å². The number of hydrogen-bond acceptors (Lipinski definition) is 5. The van der Waals surface area contributed by atoms with Gasteiger partial charge in [-0.25, -0.2) is 0 Å². The van der Waals surface area contributed by atoms with E-state index in [0.29, 0.717) is 18.8 Å². The molecule has 2 aromatic carbocycles. The van der Waals surface area contributed by atoms with Crippen LogP contribution in [0.2, 0.25) is 0 Å². The molecule has 0 spiro atoms. The second-order valence-electron chi connectivity index (χ2n) is 9.59. The van der Waals surface area contributed by atoms with E-state index >= 15 is 0 Å². The number of hydrogen-bond donors (Lipinski definition) is 1. The lowest BCUT2D eigenvalue weighted by atomic mass is 10.1. The van der Waals surface area contributed by atoms with Gasteiger partial charge in [0.15, 0.2) is 0 Å². The highest BCUT2D eigenvalue weighted by Crippen LogP contribution is 2.29. The van der Waals surface area contributed by atoms with Gasteiger partial charge in [0.1, 0.15) is 18.1 Å². The van der Waals surface area contributed by atoms with E-state index in [9.17, 15) is 4.79 Å². The van der Waals surface area contributed by atoms with E-state index in [1.54, 1.807) is 11.3 Å². The summed E-state index contributed by atoms with van der Waals surface area (Å²) in [5, 5.41) is 6.45. The van der Waals surface area contributed by atoms with Crippen LogP contribution in [0, 0.1) is 0 Å². The molecule has 5 aromatic rings. The van der Waals surface area contributed by atoms with Crippen LogP contribution in [-0.4, -0.2) is 40.7 Å². The number of ether oxygens (including phenoxy) is 2. The number of nitrogens with one attached hydrogen (secondary N) is 1. The summed E-state index contributed by atoms with van der Waals surface area (Å²) in [4.78, 5) is 13.6. The minimum absolute atomic E-state index is 0.0420. The van der Waals surface area contributed by atoms with Gasteiger partial charge in [0.05, 0.1) is 28.6 Å². The number of rotatable bonds is 8. The number of ketones is 1. The van der Waals surface area contributed by atoms with Crippen molar-refractivity contribution in [2.24, 2.45) is 7.05 Å². The van der Waals surface area contributed by atoms with Crippen molar-refractivity contribution >= 4 is 38.2 Å². The maximum absolute atomic E-state index is 13.6. The summed E-state index contributed by atoms with van der Waals surface area (Å²) in [5.74, 6) is 1.69. The number of nitrogens with zero attached hydrogens (tertiary/aromatic N) is 2. The maximum Gasteiger partial charge on any atom is 0.211 e. The molecule has 1 fully saturated rings. The Hall–Kier alpha value is -3.55. The molecule has 37 heavy (non-hydrogen) atoms. The summed E-state index contributed by atoms with van der Waals surface area (Å²) in [7, 11) is 1.96. The number of carbonyl (C=O) groups is 1. The van der Waals surface area contributed by atoms with Gasteiger partial charge < -0.3 is 23.9 Å². The minimum Gasteiger partial charge on any atom is -0.492 e. The maximum atomic E-state index is 13.6. The molecular formula is C30H31N3O3S. The standard InChI is InChI=1S/C30H31N3O3S/c1-32-27-12-17-37-29(27)19-28(32)30(34)25-20-33(26-10-3-2-9-24(25)26)15-16-35-22-6-4-7-23(18-22)36-21-8-5-13-31-14-11-21/h2-4,6-7,9-10,12,17-21,31H,5,8,11,13-16H2,1H3/t21-/m1/s1. The fourth-order valence-electron chi connectivity index (χ4n) is 5.22. The first kappa shape index (κ1) is 23.8. The van der Waals surface area contributed by atoms with Gasteiger partial charge in [-0.1, -0.05) is 24.3 Å². The van der Waals surface area contributed by atoms with E-state index < -0.39 is 0 Å². The third-order valence-corrected chi connectivity index (χ3v) is 8.01. The van der Waals surface area contributed by atoms with Crippen molar-refractivity contribution in [3.63, 3.8) is 0 Å². The van der Waals surface area contributed by atoms with Crippen molar-refractivity contribution in [1.29, 1.82) is 0 Å². The van der Waals surface area contributed by atoms with E-state index in [1.165, 1.54) is 0 Å². The average molecular weight is 514 g/mol. The van der Waals surface area contributed by atoms with Gasteiger partial charge in [-0.05, 0) is 68.1 Å². The molecule has 0 aliphatic carbocycles. The molecule has 0 bridgehead atoms. The van der Waals surface area contributed by atoms with Crippen molar-refractivity contribution in [2.75, 3.05) is 19.7 Å². The van der Waals surface area contributed by atoms with E-state index in [0.717, 1.165) is 70.5 Å². The number of thiophene rings is 1. The average Bonchev–Trinajstić information content (AvgIpc) is 3.54. The summed E-state index contributed by atoms with van der Waals surface area (Å²) in [6, 6.07) is 20.1. The van der Waals surface area contributed by atoms with Crippen LogP contribution in [0.25, 0.3) is 21.1 Å². The van der Waals surface area contributed by atoms with Gasteiger partial charge in [-0.3, -0.25) is 4.79 Å². The van der Waals surface area contributed by atoms with Crippen molar-refractivity contribution in [3.05, 3.63) is 83.5 Å². The highest BCUT2D eigenvalue weighted by molar-refractivity contribution is 7.17. The second kappa shape index (κ2) is 10.4. The molecule has 6 nitrogen and oxygen atoms in total. The van der Waals surface area contributed by atoms with E-state index in [2.05, 4.69) is 27.4 Å². The molecule has 1 N–H and O–H groups in total. The normalized spacial score (nSPS) is 16.2. The summed E-state index contributed by atoms with van der Waals surface area (Å²) in [6.45, 7) is 3.19. The van der Waals surface area contributed by atoms with Crippen LogP contribution in [0.5, 0.6) is 11.5 Å². The molecule has 0 amide bonds. The molecule has 4 heterocycles. The number of aryl methyl sites for hydroxylation is 1. The number of fused-ring (bicyclic) bond motifs is 2. The third kappa shape index (κ3) is 4.89. The predicted octanol–water partition coefficient (Wildman–Crippen LogP) is 6.03. The van der Waals surface area contributed by atoms with Crippen molar-refractivity contribution in [2.45, 2.75) is 31.9 Å². The number of para-hydroxylation sites is 1. The van der Waals surface area contributed by atoms with Gasteiger partial charge in [-0.2, -0.15) is 0 Å². The number of aromatic nitrogens is 2. The zero-order chi connectivity index (χ0) is 25.2. The Bertz CT molecular complexity index is 1540. The number of benzene rings is 2. The third-order valence-electron chi connectivity index (χ3n) is 7.16. The van der Waals surface area contributed by atoms with Crippen molar-refractivity contribution in [3.8, 4) is 11.5 Å². The van der Waals surface area contributed by atoms with Crippen LogP contribution in [0.15, 0.2) is 72.2 Å². The van der Waals surface area contributed by atoms with Gasteiger partial charge in [0, 0.05) is 35.8 Å². The highest BCUT2D eigenvalue weighted by Gasteiger charge is 2.21. The minimum atomic E-state index is 0.0420. The van der Waals surface area contributed by atoms with Gasteiger partial charge in [0.25, 0.3) is 0 Å². The Morgan fingerprint density at radius 3 is 2.84 bits per heavy atom. The predicted molar refractivity (Wildman–Crippen MR) is 149 cm³/mol. The van der Waals surface area contributed by atoms with Gasteiger partial charge >= 0.3 is 0 Å². The largest absolute Gasteiger partial charge is 0.492 e. The van der Waals surface area contributed by atoms with Crippen molar-refractivity contribution < 1.29 is 14.3 Å². The Kier molecular flexibility index (Phi) is 6.72. The van der Waals surface area contributed by atoms with Crippen molar-refractivity contribution in [1.82, 2.24) is 14.5 Å². The fraction of sp³-hybridized carbons (Fsp3) is 0.300. The number of carbonyl (C=O) groups excluding carboxylic acids is 1. The van der Waals surface area contributed by atoms with Crippen LogP contribution >= 0.6 is 11.3 Å². The quantitative estimate of drug-likeness (QED) is 0.258. The summed E-state index contributed by atoms with van der Waals surface area (Å²) in [6.07, 6.45) is 5.44. The summed E-state index contributed by atoms with van der Waals surface area (Å²) in [5.41, 5.74) is 3.55. The first-order valence-corrected chi connectivity index (χ1v) is 13.8. The van der Waals surface area contributed by atoms with E-state index in [1.807, 2.05) is 66.3 Å². The van der Waals surface area contributed by atoms with Crippen LogP contribution in [0.4, 0.5) is 0 Å². The van der Waals surface area contributed by atoms with Crippen LogP contribution in [0.1, 0.15) is 35.3 Å². The van der Waals surface area contributed by atoms with Crippen LogP contribution in [0.3, 0.4) is 0 Å². The Balaban J connectivity index is 1.17. The monoisotopic (exact) mass is 513 g/mol. The van der Waals surface area contributed by atoms with Gasteiger partial charge in [0.2, 0.25) is 5.78 Å². The molecule has 0 saturated carbocycles. The molecule has 1 saturated heterocycles. The SMILES string of the molecule is Cn1c(C(=O)c2cn(CCOc3cccc(O[C@@H]4CCCNCC4)c3)c3ccccc23)cc2sccc21. The molecule has 0 unspecified atom stereocenters. The lowest BCUT2D eigenvalue weighted by Crippen LogP contribution is -2.19. The molecule has 190 valence electrons. The van der Waals surface area contributed by atoms with Crippen LogP contribution < -0.4 is 14.8 Å². The Morgan fingerprint density at radius 2 is 1.92 bits per heavy atom. The summed E-state index contributed by atoms with van der Waals surface area (Å²) >= 11 is 1.66. The molecule has 7 heteroatoms. The first-order chi connectivity index (χ1) is 18.2. The fourth-order valence-corrected chi connectivity index (χ4v) is 6.06. The molecule has 6 rings (SSSR count).